The molecule has 0 amide bonds. The van der Waals surface area contributed by atoms with E-state index in [0.717, 1.165) is 20.7 Å². The molecule has 0 aliphatic heterocycles. The molecule has 158 valence electrons. The van der Waals surface area contributed by atoms with Crippen LogP contribution in [-0.2, 0) is 10.0 Å². The first-order chi connectivity index (χ1) is 15.6. The molecule has 2 aromatic carbocycles. The summed E-state index contributed by atoms with van der Waals surface area (Å²) in [5, 5.41) is 4.18. The number of hydrogen-bond acceptors (Lipinski definition) is 7. The summed E-state index contributed by atoms with van der Waals surface area (Å²) in [6.45, 7) is 0. The monoisotopic (exact) mass is 459 g/mol. The number of pyridine rings is 1. The van der Waals surface area contributed by atoms with Gasteiger partial charge < -0.3 is 5.32 Å². The normalized spacial score (nSPS) is 11.4. The van der Waals surface area contributed by atoms with E-state index in [9.17, 15) is 8.42 Å². The van der Waals surface area contributed by atoms with Crippen molar-refractivity contribution in [2.24, 2.45) is 0 Å². The van der Waals surface area contributed by atoms with Crippen LogP contribution in [0.25, 0.3) is 20.7 Å². The van der Waals surface area contributed by atoms with Crippen molar-refractivity contribution in [2.45, 2.75) is 4.90 Å². The van der Waals surface area contributed by atoms with Gasteiger partial charge in [0.25, 0.3) is 10.0 Å². The van der Waals surface area contributed by atoms with Gasteiger partial charge in [-0.3, -0.25) is 4.72 Å². The van der Waals surface area contributed by atoms with Crippen molar-refractivity contribution in [3.8, 4) is 10.4 Å². The Morgan fingerprint density at radius 3 is 2.34 bits per heavy atom. The van der Waals surface area contributed by atoms with Crippen LogP contribution in [0.1, 0.15) is 0 Å². The minimum absolute atomic E-state index is 0.142. The minimum Gasteiger partial charge on any atom is -0.340 e. The van der Waals surface area contributed by atoms with Crippen molar-refractivity contribution in [3.63, 3.8) is 0 Å². The topological polar surface area (TPSA) is 96.9 Å². The Balaban J connectivity index is 1.39. The van der Waals surface area contributed by atoms with Crippen molar-refractivity contribution >= 4 is 48.9 Å². The summed E-state index contributed by atoms with van der Waals surface area (Å²) in [6, 6.07) is 23.7. The van der Waals surface area contributed by atoms with Gasteiger partial charge in [-0.2, -0.15) is 0 Å². The van der Waals surface area contributed by atoms with Gasteiger partial charge in [-0.05, 0) is 48.0 Å². The number of rotatable bonds is 6. The Hall–Kier alpha value is -3.82. The molecule has 3 heterocycles. The molecular formula is C23H17N5O2S2. The molecule has 5 rings (SSSR count). The smallest absolute Gasteiger partial charge is 0.263 e. The number of fused-ring (bicyclic) bond motifs is 1. The predicted octanol–water partition coefficient (Wildman–Crippen LogP) is 5.30. The predicted molar refractivity (Wildman–Crippen MR) is 128 cm³/mol. The van der Waals surface area contributed by atoms with Crippen LogP contribution in [0.15, 0.2) is 96.3 Å². The van der Waals surface area contributed by atoms with E-state index in [1.54, 1.807) is 41.7 Å². The van der Waals surface area contributed by atoms with Crippen LogP contribution in [0.2, 0.25) is 0 Å². The molecule has 0 saturated carbocycles. The van der Waals surface area contributed by atoms with Gasteiger partial charge in [0.1, 0.15) is 22.8 Å². The SMILES string of the molecule is O=S(=O)(Nc1ccccn1)c1ccc(Nc2ncnc3sc(-c4ccccc4)cc23)cc1. The largest absolute Gasteiger partial charge is 0.340 e. The second-order valence-corrected chi connectivity index (χ2v) is 9.60. The van der Waals surface area contributed by atoms with Crippen LogP contribution in [0, 0.1) is 0 Å². The Labute approximate surface area is 188 Å². The molecule has 5 aromatic rings. The molecule has 0 unspecified atom stereocenters. The highest BCUT2D eigenvalue weighted by Crippen LogP contribution is 2.35. The van der Waals surface area contributed by atoms with Crippen LogP contribution in [0.4, 0.5) is 17.3 Å². The van der Waals surface area contributed by atoms with Crippen molar-refractivity contribution in [1.29, 1.82) is 0 Å². The van der Waals surface area contributed by atoms with E-state index in [2.05, 4.69) is 43.2 Å². The molecule has 2 N–H and O–H groups in total. The summed E-state index contributed by atoms with van der Waals surface area (Å²) >= 11 is 1.60. The molecule has 0 spiro atoms. The van der Waals surface area contributed by atoms with Crippen molar-refractivity contribution in [1.82, 2.24) is 15.0 Å². The number of thiophene rings is 1. The third-order valence-corrected chi connectivity index (χ3v) is 7.18. The molecule has 7 nitrogen and oxygen atoms in total. The molecule has 0 aliphatic rings. The first kappa shape index (κ1) is 20.1. The quantitative estimate of drug-likeness (QED) is 0.358. The van der Waals surface area contributed by atoms with E-state index in [0.29, 0.717) is 11.5 Å². The van der Waals surface area contributed by atoms with E-state index >= 15 is 0 Å². The maximum atomic E-state index is 12.6. The van der Waals surface area contributed by atoms with Gasteiger partial charge in [0.15, 0.2) is 0 Å². The van der Waals surface area contributed by atoms with Crippen molar-refractivity contribution < 1.29 is 8.42 Å². The Bertz CT molecular complexity index is 1470. The molecule has 32 heavy (non-hydrogen) atoms. The molecule has 0 aliphatic carbocycles. The lowest BCUT2D eigenvalue weighted by Crippen LogP contribution is -2.13. The molecular weight excluding hydrogens is 442 g/mol. The van der Waals surface area contributed by atoms with Crippen molar-refractivity contribution in [3.05, 3.63) is 91.4 Å². The fourth-order valence-corrected chi connectivity index (χ4v) is 5.19. The van der Waals surface area contributed by atoms with Gasteiger partial charge in [-0.15, -0.1) is 11.3 Å². The highest BCUT2D eigenvalue weighted by Gasteiger charge is 2.15. The lowest BCUT2D eigenvalue weighted by Gasteiger charge is -2.09. The van der Waals surface area contributed by atoms with Crippen LogP contribution in [-0.4, -0.2) is 23.4 Å². The zero-order chi connectivity index (χ0) is 22.0. The minimum atomic E-state index is -3.73. The van der Waals surface area contributed by atoms with E-state index in [-0.39, 0.29) is 10.7 Å². The van der Waals surface area contributed by atoms with Gasteiger partial charge >= 0.3 is 0 Å². The molecule has 0 radical (unpaired) electrons. The summed E-state index contributed by atoms with van der Waals surface area (Å²) in [6.07, 6.45) is 3.05. The number of hydrogen-bond donors (Lipinski definition) is 2. The number of anilines is 3. The van der Waals surface area contributed by atoms with Gasteiger partial charge in [0.2, 0.25) is 0 Å². The Kier molecular flexibility index (Phi) is 5.26. The van der Waals surface area contributed by atoms with Crippen LogP contribution >= 0.6 is 11.3 Å². The number of aromatic nitrogens is 3. The highest BCUT2D eigenvalue weighted by atomic mass is 32.2. The fourth-order valence-electron chi connectivity index (χ4n) is 3.17. The zero-order valence-corrected chi connectivity index (χ0v) is 18.3. The van der Waals surface area contributed by atoms with Crippen molar-refractivity contribution in [2.75, 3.05) is 10.0 Å². The first-order valence-corrected chi connectivity index (χ1v) is 12.0. The van der Waals surface area contributed by atoms with E-state index < -0.39 is 10.0 Å². The summed E-state index contributed by atoms with van der Waals surface area (Å²) < 4.78 is 27.7. The Morgan fingerprint density at radius 2 is 1.59 bits per heavy atom. The third kappa shape index (κ3) is 4.16. The molecule has 0 atom stereocenters. The summed E-state index contributed by atoms with van der Waals surface area (Å²) in [5.74, 6) is 0.931. The van der Waals surface area contributed by atoms with E-state index in [1.807, 2.05) is 18.2 Å². The number of benzene rings is 2. The average Bonchev–Trinajstić information content (AvgIpc) is 3.26. The van der Waals surface area contributed by atoms with Crippen LogP contribution < -0.4 is 10.0 Å². The number of sulfonamides is 1. The Morgan fingerprint density at radius 1 is 0.812 bits per heavy atom. The lowest BCUT2D eigenvalue weighted by molar-refractivity contribution is 0.601. The maximum Gasteiger partial charge on any atom is 0.263 e. The van der Waals surface area contributed by atoms with E-state index in [4.69, 9.17) is 0 Å². The van der Waals surface area contributed by atoms with Gasteiger partial charge in [0.05, 0.1) is 10.3 Å². The second kappa shape index (κ2) is 8.37. The molecule has 0 bridgehead atoms. The van der Waals surface area contributed by atoms with Gasteiger partial charge in [-0.25, -0.2) is 23.4 Å². The fraction of sp³-hybridized carbons (Fsp3) is 0. The lowest BCUT2D eigenvalue weighted by atomic mass is 10.2. The van der Waals surface area contributed by atoms with Crippen LogP contribution in [0.3, 0.4) is 0 Å². The highest BCUT2D eigenvalue weighted by molar-refractivity contribution is 7.92. The van der Waals surface area contributed by atoms with Gasteiger partial charge in [-0.1, -0.05) is 36.4 Å². The molecule has 0 saturated heterocycles. The number of nitrogens with one attached hydrogen (secondary N) is 2. The standard InChI is InChI=1S/C23H17N5O2S2/c29-32(30,28-21-8-4-5-13-24-21)18-11-9-17(10-12-18)27-22-19-14-20(16-6-2-1-3-7-16)31-23(19)26-15-25-22/h1-15H,(H,24,28)(H,25,26,27). The molecule has 0 fully saturated rings. The number of nitrogens with zero attached hydrogens (tertiary/aromatic N) is 3. The maximum absolute atomic E-state index is 12.6. The third-order valence-electron chi connectivity index (χ3n) is 4.72. The van der Waals surface area contributed by atoms with Crippen LogP contribution in [0.5, 0.6) is 0 Å². The van der Waals surface area contributed by atoms with E-state index in [1.165, 1.54) is 24.7 Å². The molecule has 3 aromatic heterocycles. The second-order valence-electron chi connectivity index (χ2n) is 6.89. The van der Waals surface area contributed by atoms with Gasteiger partial charge in [0, 0.05) is 16.8 Å². The first-order valence-electron chi connectivity index (χ1n) is 9.69. The average molecular weight is 460 g/mol. The zero-order valence-electron chi connectivity index (χ0n) is 16.6. The summed E-state index contributed by atoms with van der Waals surface area (Å²) in [4.78, 5) is 14.9. The summed E-state index contributed by atoms with van der Waals surface area (Å²) in [7, 11) is -3.73. The summed E-state index contributed by atoms with van der Waals surface area (Å²) in [5.41, 5.74) is 1.84. The molecule has 9 heteroatoms.